The van der Waals surface area contributed by atoms with Gasteiger partial charge in [0.2, 0.25) is 0 Å². The molecule has 4 nitrogen and oxygen atoms in total. The zero-order valence-electron chi connectivity index (χ0n) is 12.4. The van der Waals surface area contributed by atoms with Gasteiger partial charge in [0.25, 0.3) is 0 Å². The van der Waals surface area contributed by atoms with Crippen molar-refractivity contribution in [1.29, 1.82) is 0 Å². The van der Waals surface area contributed by atoms with Crippen LogP contribution in [-0.4, -0.2) is 49.3 Å². The second-order valence-electron chi connectivity index (χ2n) is 5.95. The Labute approximate surface area is 129 Å². The summed E-state index contributed by atoms with van der Waals surface area (Å²) in [5.74, 6) is 0. The van der Waals surface area contributed by atoms with Crippen molar-refractivity contribution in [2.45, 2.75) is 31.5 Å². The maximum Gasteiger partial charge on any atom is 0.0735 e. The molecule has 0 radical (unpaired) electrons. The van der Waals surface area contributed by atoms with Gasteiger partial charge in [0.15, 0.2) is 0 Å². The first-order valence-electron chi connectivity index (χ1n) is 7.03. The van der Waals surface area contributed by atoms with E-state index in [0.717, 1.165) is 28.7 Å². The third kappa shape index (κ3) is 3.52. The molecule has 112 valence electrons. The summed E-state index contributed by atoms with van der Waals surface area (Å²) < 4.78 is 1.04. The molecule has 20 heavy (non-hydrogen) atoms. The Balaban J connectivity index is 2.23. The van der Waals surface area contributed by atoms with Crippen LogP contribution in [0.2, 0.25) is 0 Å². The summed E-state index contributed by atoms with van der Waals surface area (Å²) in [6, 6.07) is 6.65. The van der Waals surface area contributed by atoms with Crippen molar-refractivity contribution in [3.05, 3.63) is 28.2 Å². The maximum absolute atomic E-state index is 9.96. The molecule has 1 aromatic rings. The van der Waals surface area contributed by atoms with E-state index in [1.54, 1.807) is 0 Å². The molecule has 2 unspecified atom stereocenters. The predicted molar refractivity (Wildman–Crippen MR) is 87.1 cm³/mol. The Hall–Kier alpha value is -0.620. The number of hydrogen-bond donors (Lipinski definition) is 2. The molecule has 1 heterocycles. The topological polar surface area (TPSA) is 52.7 Å². The molecule has 0 aliphatic carbocycles. The molecule has 0 aromatic heterocycles. The van der Waals surface area contributed by atoms with Gasteiger partial charge >= 0.3 is 0 Å². The molecule has 0 bridgehead atoms. The molecule has 0 amide bonds. The van der Waals surface area contributed by atoms with E-state index in [0.29, 0.717) is 12.6 Å². The lowest BCUT2D eigenvalue weighted by Crippen LogP contribution is -2.37. The largest absolute Gasteiger partial charge is 0.391 e. The number of rotatable bonds is 4. The van der Waals surface area contributed by atoms with Crippen LogP contribution in [0.4, 0.5) is 5.69 Å². The van der Waals surface area contributed by atoms with Crippen LogP contribution in [0.25, 0.3) is 0 Å². The Morgan fingerprint density at radius 3 is 2.75 bits per heavy atom. The van der Waals surface area contributed by atoms with Gasteiger partial charge < -0.3 is 20.6 Å². The molecule has 0 saturated carbocycles. The van der Waals surface area contributed by atoms with Gasteiger partial charge in [0, 0.05) is 35.3 Å². The highest BCUT2D eigenvalue weighted by Gasteiger charge is 2.31. The van der Waals surface area contributed by atoms with E-state index in [-0.39, 0.29) is 12.1 Å². The third-order valence-electron chi connectivity index (χ3n) is 3.77. The fraction of sp³-hybridized carbons (Fsp3) is 0.600. The smallest absolute Gasteiger partial charge is 0.0735 e. The summed E-state index contributed by atoms with van der Waals surface area (Å²) in [5.41, 5.74) is 8.20. The van der Waals surface area contributed by atoms with Gasteiger partial charge in [-0.2, -0.15) is 0 Å². The standard InChI is InChI=1S/C15H24BrN3O/c1-10(17)14-5-4-11(7-15(14)16)19-9-13(20)6-12(19)8-18(2)3/h4-5,7,10,12-13,20H,6,8-9,17H2,1-3H3/t10-,12?,13?/m0/s1. The van der Waals surface area contributed by atoms with Crippen LogP contribution in [0.3, 0.4) is 0 Å². The highest BCUT2D eigenvalue weighted by atomic mass is 79.9. The van der Waals surface area contributed by atoms with E-state index in [2.05, 4.69) is 58.0 Å². The van der Waals surface area contributed by atoms with E-state index < -0.39 is 0 Å². The van der Waals surface area contributed by atoms with Crippen LogP contribution in [0.1, 0.15) is 24.9 Å². The first-order chi connectivity index (χ1) is 9.38. The number of aliphatic hydroxyl groups excluding tert-OH is 1. The van der Waals surface area contributed by atoms with Crippen molar-refractivity contribution in [1.82, 2.24) is 4.90 Å². The van der Waals surface area contributed by atoms with Crippen molar-refractivity contribution in [3.8, 4) is 0 Å². The van der Waals surface area contributed by atoms with E-state index in [1.807, 2.05) is 6.92 Å². The van der Waals surface area contributed by atoms with Crippen LogP contribution < -0.4 is 10.6 Å². The Morgan fingerprint density at radius 2 is 2.20 bits per heavy atom. The molecular formula is C15H24BrN3O. The van der Waals surface area contributed by atoms with Gasteiger partial charge in [-0.15, -0.1) is 0 Å². The quantitative estimate of drug-likeness (QED) is 0.879. The second-order valence-corrected chi connectivity index (χ2v) is 6.81. The van der Waals surface area contributed by atoms with Crippen LogP contribution in [0, 0.1) is 0 Å². The lowest BCUT2D eigenvalue weighted by Gasteiger charge is -2.29. The van der Waals surface area contributed by atoms with Crippen LogP contribution >= 0.6 is 15.9 Å². The monoisotopic (exact) mass is 341 g/mol. The van der Waals surface area contributed by atoms with Crippen molar-refractivity contribution in [3.63, 3.8) is 0 Å². The van der Waals surface area contributed by atoms with Gasteiger partial charge in [-0.3, -0.25) is 0 Å². The first-order valence-corrected chi connectivity index (χ1v) is 7.82. The number of β-amino-alcohol motifs (C(OH)–C–C–N with tert-alkyl or cyclic N) is 1. The summed E-state index contributed by atoms with van der Waals surface area (Å²) in [4.78, 5) is 4.46. The van der Waals surface area contributed by atoms with Gasteiger partial charge in [0.05, 0.1) is 6.10 Å². The summed E-state index contributed by atoms with van der Waals surface area (Å²) in [6.07, 6.45) is 0.581. The normalized spacial score (nSPS) is 24.4. The van der Waals surface area contributed by atoms with E-state index in [4.69, 9.17) is 5.73 Å². The number of aliphatic hydroxyl groups is 1. The summed E-state index contributed by atoms with van der Waals surface area (Å²) >= 11 is 3.60. The Kier molecular flexibility index (Phi) is 5.07. The Bertz CT molecular complexity index is 464. The fourth-order valence-corrected chi connectivity index (χ4v) is 3.59. The van der Waals surface area contributed by atoms with E-state index in [1.165, 1.54) is 0 Å². The van der Waals surface area contributed by atoms with E-state index >= 15 is 0 Å². The fourth-order valence-electron chi connectivity index (χ4n) is 2.87. The minimum absolute atomic E-state index is 0.0140. The van der Waals surface area contributed by atoms with Crippen molar-refractivity contribution >= 4 is 21.6 Å². The lowest BCUT2D eigenvalue weighted by molar-refractivity contribution is 0.191. The molecule has 2 rings (SSSR count). The number of hydrogen-bond acceptors (Lipinski definition) is 4. The zero-order valence-corrected chi connectivity index (χ0v) is 14.0. The number of anilines is 1. The Morgan fingerprint density at radius 1 is 1.50 bits per heavy atom. The number of benzene rings is 1. The molecule has 1 saturated heterocycles. The zero-order chi connectivity index (χ0) is 14.9. The summed E-state index contributed by atoms with van der Waals surface area (Å²) in [5, 5.41) is 9.96. The summed E-state index contributed by atoms with van der Waals surface area (Å²) in [7, 11) is 4.13. The molecule has 1 aliphatic rings. The third-order valence-corrected chi connectivity index (χ3v) is 4.46. The van der Waals surface area contributed by atoms with Crippen molar-refractivity contribution in [2.24, 2.45) is 5.73 Å². The minimum Gasteiger partial charge on any atom is -0.391 e. The summed E-state index contributed by atoms with van der Waals surface area (Å²) in [6.45, 7) is 3.63. The second kappa shape index (κ2) is 6.43. The van der Waals surface area contributed by atoms with Crippen LogP contribution in [0.15, 0.2) is 22.7 Å². The average molecular weight is 342 g/mol. The molecule has 0 spiro atoms. The van der Waals surface area contributed by atoms with Crippen molar-refractivity contribution < 1.29 is 5.11 Å². The average Bonchev–Trinajstić information content (AvgIpc) is 2.68. The van der Waals surface area contributed by atoms with Gasteiger partial charge in [-0.1, -0.05) is 22.0 Å². The SMILES string of the molecule is C[C@H](N)c1ccc(N2CC(O)CC2CN(C)C)cc1Br. The van der Waals surface area contributed by atoms with E-state index in [9.17, 15) is 5.11 Å². The van der Waals surface area contributed by atoms with Crippen LogP contribution in [-0.2, 0) is 0 Å². The first kappa shape index (κ1) is 15.8. The molecule has 3 N–H and O–H groups in total. The number of likely N-dealkylation sites (N-methyl/N-ethyl adjacent to an activating group) is 1. The highest BCUT2D eigenvalue weighted by Crippen LogP contribution is 2.31. The predicted octanol–water partition coefficient (Wildman–Crippen LogP) is 1.97. The molecule has 1 aliphatic heterocycles. The van der Waals surface area contributed by atoms with Crippen molar-refractivity contribution in [2.75, 3.05) is 32.1 Å². The maximum atomic E-state index is 9.96. The minimum atomic E-state index is -0.244. The van der Waals surface area contributed by atoms with Gasteiger partial charge in [-0.05, 0) is 45.1 Å². The molecule has 1 aromatic carbocycles. The number of halogens is 1. The highest BCUT2D eigenvalue weighted by molar-refractivity contribution is 9.10. The molecule has 1 fully saturated rings. The van der Waals surface area contributed by atoms with Gasteiger partial charge in [-0.25, -0.2) is 0 Å². The lowest BCUT2D eigenvalue weighted by atomic mass is 10.1. The van der Waals surface area contributed by atoms with Gasteiger partial charge in [0.1, 0.15) is 0 Å². The number of nitrogens with zero attached hydrogens (tertiary/aromatic N) is 2. The number of nitrogens with two attached hydrogens (primary N) is 1. The molecule has 5 heteroatoms. The molecule has 3 atom stereocenters. The molecular weight excluding hydrogens is 318 g/mol. The van der Waals surface area contributed by atoms with Crippen LogP contribution in [0.5, 0.6) is 0 Å².